The van der Waals surface area contributed by atoms with Crippen molar-refractivity contribution >= 4 is 5.91 Å². The van der Waals surface area contributed by atoms with Crippen molar-refractivity contribution in [1.82, 2.24) is 4.90 Å². The maximum Gasteiger partial charge on any atom is 0.232 e. The number of nitrogens with two attached hydrogens (primary N) is 1. The molecule has 1 aliphatic heterocycles. The van der Waals surface area contributed by atoms with Gasteiger partial charge in [-0.25, -0.2) is 4.39 Å². The molecule has 1 saturated heterocycles. The van der Waals surface area contributed by atoms with Crippen LogP contribution in [0.5, 0.6) is 0 Å². The minimum Gasteiger partial charge on any atom is -0.340 e. The predicted molar refractivity (Wildman–Crippen MR) is 73.2 cm³/mol. The summed E-state index contributed by atoms with van der Waals surface area (Å²) in [4.78, 5) is 14.4. The molecule has 104 valence electrons. The molecule has 0 aliphatic carbocycles. The van der Waals surface area contributed by atoms with Crippen LogP contribution in [-0.2, 0) is 10.2 Å². The van der Waals surface area contributed by atoms with Crippen LogP contribution >= 0.6 is 0 Å². The summed E-state index contributed by atoms with van der Waals surface area (Å²) in [6.07, 6.45) is 1.87. The molecule has 0 radical (unpaired) electrons. The van der Waals surface area contributed by atoms with Gasteiger partial charge in [0.15, 0.2) is 0 Å². The summed E-state index contributed by atoms with van der Waals surface area (Å²) in [6, 6.07) is 6.50. The van der Waals surface area contributed by atoms with E-state index in [1.54, 1.807) is 36.9 Å². The summed E-state index contributed by atoms with van der Waals surface area (Å²) in [7, 11) is 0. The summed E-state index contributed by atoms with van der Waals surface area (Å²) in [5.74, 6) is -0.380. The van der Waals surface area contributed by atoms with Gasteiger partial charge in [0, 0.05) is 24.7 Å². The third kappa shape index (κ3) is 2.78. The smallest absolute Gasteiger partial charge is 0.232 e. The van der Waals surface area contributed by atoms with Crippen LogP contribution < -0.4 is 5.73 Å². The Bertz CT molecular complexity index is 473. The Morgan fingerprint density at radius 1 is 1.42 bits per heavy atom. The van der Waals surface area contributed by atoms with Gasteiger partial charge in [-0.05, 0) is 32.8 Å². The fourth-order valence-corrected chi connectivity index (χ4v) is 2.67. The Morgan fingerprint density at radius 3 is 2.74 bits per heavy atom. The molecular weight excluding hydrogens is 243 g/mol. The molecule has 1 fully saturated rings. The first-order valence-electron chi connectivity index (χ1n) is 6.73. The molecule has 1 amide bonds. The average Bonchev–Trinajstić information content (AvgIpc) is 2.38. The van der Waals surface area contributed by atoms with Crippen molar-refractivity contribution in [3.63, 3.8) is 0 Å². The number of rotatable bonds is 2. The van der Waals surface area contributed by atoms with E-state index in [1.165, 1.54) is 6.07 Å². The quantitative estimate of drug-likeness (QED) is 0.888. The normalized spacial score (nSPS) is 20.4. The standard InChI is InChI=1S/C15H21FN2O/c1-15(2,12-7-3-4-8-13(12)16)14(19)18-9-5-6-11(17)10-18/h3-4,7-8,11H,5-6,9-10,17H2,1-2H3. The maximum atomic E-state index is 13.9. The monoisotopic (exact) mass is 264 g/mol. The second-order valence-corrected chi connectivity index (χ2v) is 5.76. The number of nitrogens with zero attached hydrogens (tertiary/aromatic N) is 1. The maximum absolute atomic E-state index is 13.9. The molecule has 2 N–H and O–H groups in total. The Kier molecular flexibility index (Phi) is 3.90. The molecule has 19 heavy (non-hydrogen) atoms. The Morgan fingerprint density at radius 2 is 2.11 bits per heavy atom. The number of carbonyl (C=O) groups is 1. The molecule has 0 aromatic heterocycles. The molecule has 1 atom stereocenters. The van der Waals surface area contributed by atoms with E-state index < -0.39 is 5.41 Å². The van der Waals surface area contributed by atoms with Gasteiger partial charge in [0.05, 0.1) is 5.41 Å². The van der Waals surface area contributed by atoms with Crippen LogP contribution in [-0.4, -0.2) is 29.9 Å². The lowest BCUT2D eigenvalue weighted by Crippen LogP contribution is -2.51. The molecule has 1 aromatic carbocycles. The van der Waals surface area contributed by atoms with Crippen LogP contribution in [0.2, 0.25) is 0 Å². The van der Waals surface area contributed by atoms with Crippen LogP contribution in [0.25, 0.3) is 0 Å². The van der Waals surface area contributed by atoms with E-state index in [4.69, 9.17) is 5.73 Å². The fraction of sp³-hybridized carbons (Fsp3) is 0.533. The van der Waals surface area contributed by atoms with Gasteiger partial charge in [-0.2, -0.15) is 0 Å². The van der Waals surface area contributed by atoms with Crippen LogP contribution in [0, 0.1) is 5.82 Å². The summed E-state index contributed by atoms with van der Waals surface area (Å²) in [5.41, 5.74) is 5.49. The van der Waals surface area contributed by atoms with Gasteiger partial charge < -0.3 is 10.6 Å². The zero-order valence-electron chi connectivity index (χ0n) is 11.5. The number of carbonyl (C=O) groups excluding carboxylic acids is 1. The Labute approximate surface area is 113 Å². The van der Waals surface area contributed by atoms with E-state index in [0.717, 1.165) is 12.8 Å². The van der Waals surface area contributed by atoms with Crippen molar-refractivity contribution in [3.8, 4) is 0 Å². The highest BCUT2D eigenvalue weighted by atomic mass is 19.1. The number of benzene rings is 1. The number of likely N-dealkylation sites (tertiary alicyclic amines) is 1. The highest BCUT2D eigenvalue weighted by Gasteiger charge is 2.36. The highest BCUT2D eigenvalue weighted by Crippen LogP contribution is 2.29. The van der Waals surface area contributed by atoms with Crippen molar-refractivity contribution in [3.05, 3.63) is 35.6 Å². The summed E-state index contributed by atoms with van der Waals surface area (Å²) < 4.78 is 13.9. The van der Waals surface area contributed by atoms with Crippen LogP contribution in [0.1, 0.15) is 32.3 Å². The first-order valence-corrected chi connectivity index (χ1v) is 6.73. The van der Waals surface area contributed by atoms with Crippen molar-refractivity contribution in [2.45, 2.75) is 38.1 Å². The number of halogens is 1. The van der Waals surface area contributed by atoms with E-state index >= 15 is 0 Å². The molecule has 0 spiro atoms. The third-order valence-corrected chi connectivity index (χ3v) is 3.83. The van der Waals surface area contributed by atoms with Gasteiger partial charge in [0.2, 0.25) is 5.91 Å². The molecule has 1 unspecified atom stereocenters. The SMILES string of the molecule is CC(C)(C(=O)N1CCCC(N)C1)c1ccccc1F. The highest BCUT2D eigenvalue weighted by molar-refractivity contribution is 5.87. The van der Waals surface area contributed by atoms with Crippen LogP contribution in [0.15, 0.2) is 24.3 Å². The lowest BCUT2D eigenvalue weighted by atomic mass is 9.82. The fourth-order valence-electron chi connectivity index (χ4n) is 2.67. The number of hydrogen-bond donors (Lipinski definition) is 1. The molecule has 2 rings (SSSR count). The zero-order valence-corrected chi connectivity index (χ0v) is 11.5. The first kappa shape index (κ1) is 14.0. The lowest BCUT2D eigenvalue weighted by Gasteiger charge is -2.36. The summed E-state index contributed by atoms with van der Waals surface area (Å²) in [6.45, 7) is 4.82. The Balaban J connectivity index is 2.24. The minimum atomic E-state index is -0.859. The predicted octanol–water partition coefficient (Wildman–Crippen LogP) is 2.05. The van der Waals surface area contributed by atoms with Gasteiger partial charge in [0.25, 0.3) is 0 Å². The van der Waals surface area contributed by atoms with Crippen molar-refractivity contribution in [1.29, 1.82) is 0 Å². The lowest BCUT2D eigenvalue weighted by molar-refractivity contribution is -0.137. The van der Waals surface area contributed by atoms with Gasteiger partial charge in [-0.3, -0.25) is 4.79 Å². The average molecular weight is 264 g/mol. The molecule has 1 aliphatic rings. The Hall–Kier alpha value is -1.42. The molecule has 0 bridgehead atoms. The molecular formula is C15H21FN2O. The van der Waals surface area contributed by atoms with E-state index in [1.807, 2.05) is 0 Å². The molecule has 3 nitrogen and oxygen atoms in total. The van der Waals surface area contributed by atoms with Gasteiger partial charge in [0.1, 0.15) is 5.82 Å². The van der Waals surface area contributed by atoms with Crippen LogP contribution in [0.3, 0.4) is 0 Å². The number of amides is 1. The zero-order chi connectivity index (χ0) is 14.0. The first-order chi connectivity index (χ1) is 8.93. The third-order valence-electron chi connectivity index (χ3n) is 3.83. The van der Waals surface area contributed by atoms with E-state index in [9.17, 15) is 9.18 Å². The minimum absolute atomic E-state index is 0.0362. The second kappa shape index (κ2) is 5.29. The van der Waals surface area contributed by atoms with E-state index in [-0.39, 0.29) is 17.8 Å². The largest absolute Gasteiger partial charge is 0.340 e. The van der Waals surface area contributed by atoms with Gasteiger partial charge in [-0.1, -0.05) is 18.2 Å². The second-order valence-electron chi connectivity index (χ2n) is 5.76. The molecule has 4 heteroatoms. The molecule has 1 aromatic rings. The topological polar surface area (TPSA) is 46.3 Å². The van der Waals surface area contributed by atoms with Crippen LogP contribution in [0.4, 0.5) is 4.39 Å². The number of hydrogen-bond acceptors (Lipinski definition) is 2. The molecule has 0 saturated carbocycles. The number of piperidine rings is 1. The van der Waals surface area contributed by atoms with Crippen molar-refractivity contribution in [2.75, 3.05) is 13.1 Å². The summed E-state index contributed by atoms with van der Waals surface area (Å²) in [5, 5.41) is 0. The van der Waals surface area contributed by atoms with E-state index in [2.05, 4.69) is 0 Å². The van der Waals surface area contributed by atoms with Gasteiger partial charge in [-0.15, -0.1) is 0 Å². The molecule has 1 heterocycles. The van der Waals surface area contributed by atoms with Crippen molar-refractivity contribution in [2.24, 2.45) is 5.73 Å². The van der Waals surface area contributed by atoms with E-state index in [0.29, 0.717) is 18.7 Å². The van der Waals surface area contributed by atoms with Gasteiger partial charge >= 0.3 is 0 Å². The van der Waals surface area contributed by atoms with Crippen molar-refractivity contribution < 1.29 is 9.18 Å². The summed E-state index contributed by atoms with van der Waals surface area (Å²) >= 11 is 0.